The van der Waals surface area contributed by atoms with E-state index in [1.54, 1.807) is 11.3 Å². The summed E-state index contributed by atoms with van der Waals surface area (Å²) in [5, 5.41) is 2.07. The number of fused-ring (bicyclic) bond motifs is 1. The van der Waals surface area contributed by atoms with Crippen LogP contribution in [0.4, 0.5) is 0 Å². The Balaban J connectivity index is 1.75. The van der Waals surface area contributed by atoms with Crippen LogP contribution in [0.5, 0.6) is 0 Å². The van der Waals surface area contributed by atoms with Crippen LogP contribution in [-0.4, -0.2) is 15.4 Å². The van der Waals surface area contributed by atoms with Gasteiger partial charge in [0, 0.05) is 23.8 Å². The summed E-state index contributed by atoms with van der Waals surface area (Å²) in [6, 6.07) is 0.429. The lowest BCUT2D eigenvalue weighted by atomic mass is 10.0. The fourth-order valence-corrected chi connectivity index (χ4v) is 3.19. The molecule has 2 unspecified atom stereocenters. The van der Waals surface area contributed by atoms with Crippen LogP contribution in [0.2, 0.25) is 0 Å². The highest BCUT2D eigenvalue weighted by Crippen LogP contribution is 2.27. The lowest BCUT2D eigenvalue weighted by Gasteiger charge is -2.05. The third-order valence-corrected chi connectivity index (χ3v) is 3.99. The molecule has 0 aliphatic heterocycles. The molecule has 1 aliphatic carbocycles. The first-order valence-electron chi connectivity index (χ1n) is 5.48. The molecule has 0 radical (unpaired) electrons. The van der Waals surface area contributed by atoms with Gasteiger partial charge in [-0.3, -0.25) is 4.40 Å². The Morgan fingerprint density at radius 2 is 2.47 bits per heavy atom. The smallest absolute Gasteiger partial charge is 0.193 e. The number of aromatic nitrogens is 2. The second kappa shape index (κ2) is 3.61. The molecule has 80 valence electrons. The van der Waals surface area contributed by atoms with Gasteiger partial charge < -0.3 is 5.73 Å². The number of nitrogens with two attached hydrogens (primary N) is 1. The number of rotatable bonds is 2. The van der Waals surface area contributed by atoms with Crippen LogP contribution in [0.1, 0.15) is 25.0 Å². The van der Waals surface area contributed by atoms with E-state index < -0.39 is 0 Å². The Morgan fingerprint density at radius 3 is 3.20 bits per heavy atom. The van der Waals surface area contributed by atoms with Crippen molar-refractivity contribution in [2.24, 2.45) is 11.7 Å². The fourth-order valence-electron chi connectivity index (χ4n) is 2.47. The van der Waals surface area contributed by atoms with E-state index in [4.69, 9.17) is 5.73 Å². The van der Waals surface area contributed by atoms with Gasteiger partial charge in [-0.05, 0) is 31.6 Å². The second-order valence-electron chi connectivity index (χ2n) is 4.47. The summed E-state index contributed by atoms with van der Waals surface area (Å²) in [6.07, 6.45) is 8.94. The zero-order valence-corrected chi connectivity index (χ0v) is 9.41. The molecule has 3 rings (SSSR count). The van der Waals surface area contributed by atoms with Gasteiger partial charge in [0.15, 0.2) is 4.96 Å². The normalized spacial score (nSPS) is 26.5. The Labute approximate surface area is 92.9 Å². The van der Waals surface area contributed by atoms with Gasteiger partial charge in [0.2, 0.25) is 0 Å². The molecule has 0 amide bonds. The van der Waals surface area contributed by atoms with Gasteiger partial charge in [0.1, 0.15) is 0 Å². The summed E-state index contributed by atoms with van der Waals surface area (Å²) < 4.78 is 2.11. The Morgan fingerprint density at radius 1 is 1.53 bits per heavy atom. The molecule has 1 aliphatic rings. The van der Waals surface area contributed by atoms with Crippen LogP contribution < -0.4 is 5.73 Å². The van der Waals surface area contributed by atoms with Gasteiger partial charge in [0.05, 0.1) is 5.69 Å². The highest BCUT2D eigenvalue weighted by atomic mass is 32.1. The summed E-state index contributed by atoms with van der Waals surface area (Å²) in [6.45, 7) is 0. The van der Waals surface area contributed by atoms with Crippen molar-refractivity contribution in [1.29, 1.82) is 0 Å². The molecule has 15 heavy (non-hydrogen) atoms. The van der Waals surface area contributed by atoms with Gasteiger partial charge in [0.25, 0.3) is 0 Å². The minimum absolute atomic E-state index is 0.429. The first-order valence-corrected chi connectivity index (χ1v) is 6.36. The maximum absolute atomic E-state index is 5.91. The van der Waals surface area contributed by atoms with Gasteiger partial charge in [-0.25, -0.2) is 4.98 Å². The van der Waals surface area contributed by atoms with Crippen molar-refractivity contribution >= 4 is 16.3 Å². The molecule has 0 saturated heterocycles. The molecule has 1 fully saturated rings. The largest absolute Gasteiger partial charge is 0.328 e. The molecule has 2 heterocycles. The van der Waals surface area contributed by atoms with E-state index in [1.807, 2.05) is 0 Å². The standard InChI is InChI=1S/C11H15N3S/c12-9-2-1-8(5-9)6-10-7-14-3-4-15-11(14)13-10/h3-4,7-9H,1-2,5-6,12H2. The number of hydrogen-bond donors (Lipinski definition) is 1. The van der Waals surface area contributed by atoms with E-state index in [1.165, 1.54) is 25.0 Å². The average Bonchev–Trinajstić information content (AvgIpc) is 2.81. The molecular formula is C11H15N3S. The van der Waals surface area contributed by atoms with E-state index in [0.717, 1.165) is 17.3 Å². The van der Waals surface area contributed by atoms with Crippen molar-refractivity contribution in [2.45, 2.75) is 31.7 Å². The summed E-state index contributed by atoms with van der Waals surface area (Å²) in [4.78, 5) is 5.71. The quantitative estimate of drug-likeness (QED) is 0.843. The third-order valence-electron chi connectivity index (χ3n) is 3.22. The molecule has 4 heteroatoms. The molecule has 3 nitrogen and oxygen atoms in total. The van der Waals surface area contributed by atoms with Crippen molar-refractivity contribution in [3.63, 3.8) is 0 Å². The van der Waals surface area contributed by atoms with Gasteiger partial charge in [-0.1, -0.05) is 0 Å². The summed E-state index contributed by atoms with van der Waals surface area (Å²) in [5.74, 6) is 0.754. The first-order chi connectivity index (χ1) is 7.31. The Kier molecular flexibility index (Phi) is 2.25. The predicted octanol–water partition coefficient (Wildman–Crippen LogP) is 2.07. The maximum Gasteiger partial charge on any atom is 0.193 e. The van der Waals surface area contributed by atoms with Crippen LogP contribution in [0.25, 0.3) is 4.96 Å². The molecule has 2 aromatic heterocycles. The number of hydrogen-bond acceptors (Lipinski definition) is 3. The summed E-state index contributed by atoms with van der Waals surface area (Å²) in [7, 11) is 0. The van der Waals surface area contributed by atoms with Crippen LogP contribution in [0.3, 0.4) is 0 Å². The number of nitrogens with zero attached hydrogens (tertiary/aromatic N) is 2. The van der Waals surface area contributed by atoms with E-state index in [-0.39, 0.29) is 0 Å². The highest BCUT2D eigenvalue weighted by molar-refractivity contribution is 7.15. The van der Waals surface area contributed by atoms with Crippen LogP contribution >= 0.6 is 11.3 Å². The van der Waals surface area contributed by atoms with Crippen molar-refractivity contribution in [1.82, 2.24) is 9.38 Å². The van der Waals surface area contributed by atoms with E-state index >= 15 is 0 Å². The molecule has 0 aromatic carbocycles. The number of imidazole rings is 1. The topological polar surface area (TPSA) is 43.3 Å². The molecule has 0 spiro atoms. The second-order valence-corrected chi connectivity index (χ2v) is 5.34. The van der Waals surface area contributed by atoms with Crippen molar-refractivity contribution in [2.75, 3.05) is 0 Å². The molecule has 0 bridgehead atoms. The van der Waals surface area contributed by atoms with Crippen molar-refractivity contribution in [3.8, 4) is 0 Å². The molecule has 2 atom stereocenters. The Hall–Kier alpha value is -0.870. The van der Waals surface area contributed by atoms with Gasteiger partial charge in [-0.2, -0.15) is 0 Å². The SMILES string of the molecule is NC1CCC(Cc2cn3ccsc3n2)C1. The van der Waals surface area contributed by atoms with Crippen LogP contribution in [-0.2, 0) is 6.42 Å². The van der Waals surface area contributed by atoms with Gasteiger partial charge in [-0.15, -0.1) is 11.3 Å². The van der Waals surface area contributed by atoms with Crippen molar-refractivity contribution in [3.05, 3.63) is 23.5 Å². The molecule has 2 aromatic rings. The summed E-state index contributed by atoms with van der Waals surface area (Å²) >= 11 is 1.69. The first kappa shape index (κ1) is 9.36. The number of thiazole rings is 1. The Bertz CT molecular complexity index is 431. The van der Waals surface area contributed by atoms with Crippen LogP contribution in [0.15, 0.2) is 17.8 Å². The fraction of sp³-hybridized carbons (Fsp3) is 0.545. The average molecular weight is 221 g/mol. The minimum atomic E-state index is 0.429. The monoisotopic (exact) mass is 221 g/mol. The molecule has 2 N–H and O–H groups in total. The van der Waals surface area contributed by atoms with E-state index in [0.29, 0.717) is 6.04 Å². The lowest BCUT2D eigenvalue weighted by molar-refractivity contribution is 0.529. The van der Waals surface area contributed by atoms with E-state index in [9.17, 15) is 0 Å². The zero-order chi connectivity index (χ0) is 10.3. The summed E-state index contributed by atoms with van der Waals surface area (Å²) in [5.41, 5.74) is 7.13. The minimum Gasteiger partial charge on any atom is -0.328 e. The van der Waals surface area contributed by atoms with Crippen LogP contribution in [0, 0.1) is 5.92 Å². The maximum atomic E-state index is 5.91. The van der Waals surface area contributed by atoms with Gasteiger partial charge >= 0.3 is 0 Å². The predicted molar refractivity (Wildman–Crippen MR) is 62.1 cm³/mol. The van der Waals surface area contributed by atoms with E-state index in [2.05, 4.69) is 27.2 Å². The van der Waals surface area contributed by atoms with Crippen molar-refractivity contribution < 1.29 is 0 Å². The molecular weight excluding hydrogens is 206 g/mol. The highest BCUT2D eigenvalue weighted by Gasteiger charge is 2.22. The third kappa shape index (κ3) is 1.79. The zero-order valence-electron chi connectivity index (χ0n) is 8.60. The molecule has 1 saturated carbocycles. The lowest BCUT2D eigenvalue weighted by Crippen LogP contribution is -2.15.